The standard InChI is InChI=1S/C15H28N2O3/c1-15(2,3)13(18)10-16-5-7-17(8-6-16)14(19)12-4-9-20-11-12/h12-13,18H,4-11H2,1-3H3/t12-,13+/m1/s1. The topological polar surface area (TPSA) is 53.0 Å². The van der Waals surface area contributed by atoms with Gasteiger partial charge in [0.05, 0.1) is 18.6 Å². The highest BCUT2D eigenvalue weighted by Gasteiger charge is 2.31. The molecule has 2 heterocycles. The monoisotopic (exact) mass is 284 g/mol. The molecule has 0 bridgehead atoms. The van der Waals surface area contributed by atoms with Crippen LogP contribution in [-0.2, 0) is 9.53 Å². The summed E-state index contributed by atoms with van der Waals surface area (Å²) in [5.74, 6) is 0.320. The Morgan fingerprint density at radius 1 is 1.30 bits per heavy atom. The second kappa shape index (κ2) is 6.41. The maximum Gasteiger partial charge on any atom is 0.228 e. The van der Waals surface area contributed by atoms with E-state index < -0.39 is 0 Å². The van der Waals surface area contributed by atoms with Crippen molar-refractivity contribution in [2.45, 2.75) is 33.3 Å². The first kappa shape index (κ1) is 15.7. The minimum Gasteiger partial charge on any atom is -0.391 e. The van der Waals surface area contributed by atoms with Crippen molar-refractivity contribution >= 4 is 5.91 Å². The summed E-state index contributed by atoms with van der Waals surface area (Å²) in [6, 6.07) is 0. The molecule has 2 aliphatic rings. The first-order valence-electron chi connectivity index (χ1n) is 7.65. The van der Waals surface area contributed by atoms with Gasteiger partial charge in [0, 0.05) is 39.3 Å². The van der Waals surface area contributed by atoms with E-state index in [0.717, 1.165) is 32.6 Å². The van der Waals surface area contributed by atoms with Crippen LogP contribution in [0.5, 0.6) is 0 Å². The Labute approximate surface area is 121 Å². The number of hydrogen-bond acceptors (Lipinski definition) is 4. The molecule has 0 aromatic rings. The van der Waals surface area contributed by atoms with Gasteiger partial charge in [-0.15, -0.1) is 0 Å². The summed E-state index contributed by atoms with van der Waals surface area (Å²) >= 11 is 0. The van der Waals surface area contributed by atoms with Gasteiger partial charge in [0.2, 0.25) is 5.91 Å². The third-order valence-corrected chi connectivity index (χ3v) is 4.39. The van der Waals surface area contributed by atoms with E-state index in [1.54, 1.807) is 0 Å². The van der Waals surface area contributed by atoms with E-state index in [9.17, 15) is 9.90 Å². The molecule has 2 aliphatic heterocycles. The minimum absolute atomic E-state index is 0.0710. The number of aliphatic hydroxyl groups excluding tert-OH is 1. The van der Waals surface area contributed by atoms with Crippen LogP contribution in [0.25, 0.3) is 0 Å². The molecule has 2 atom stereocenters. The van der Waals surface area contributed by atoms with Gasteiger partial charge in [-0.25, -0.2) is 0 Å². The Hall–Kier alpha value is -0.650. The van der Waals surface area contributed by atoms with Crippen LogP contribution in [0.3, 0.4) is 0 Å². The van der Waals surface area contributed by atoms with Crippen LogP contribution in [0, 0.1) is 11.3 Å². The molecule has 0 aromatic heterocycles. The van der Waals surface area contributed by atoms with Gasteiger partial charge < -0.3 is 14.7 Å². The number of piperazine rings is 1. The SMILES string of the molecule is CC(C)(C)[C@@H](O)CN1CCN(C(=O)[C@@H]2CCOC2)CC1. The molecular weight excluding hydrogens is 256 g/mol. The lowest BCUT2D eigenvalue weighted by Crippen LogP contribution is -2.52. The van der Waals surface area contributed by atoms with Crippen molar-refractivity contribution in [2.24, 2.45) is 11.3 Å². The van der Waals surface area contributed by atoms with Crippen LogP contribution >= 0.6 is 0 Å². The molecule has 5 nitrogen and oxygen atoms in total. The van der Waals surface area contributed by atoms with Gasteiger partial charge >= 0.3 is 0 Å². The quantitative estimate of drug-likeness (QED) is 0.823. The number of ether oxygens (including phenoxy) is 1. The average Bonchev–Trinajstić information content (AvgIpc) is 2.91. The van der Waals surface area contributed by atoms with E-state index in [-0.39, 0.29) is 23.3 Å². The fourth-order valence-electron chi connectivity index (χ4n) is 2.66. The summed E-state index contributed by atoms with van der Waals surface area (Å²) < 4.78 is 5.29. The van der Waals surface area contributed by atoms with Crippen LogP contribution in [0.2, 0.25) is 0 Å². The molecular formula is C15H28N2O3. The van der Waals surface area contributed by atoms with E-state index in [4.69, 9.17) is 4.74 Å². The molecule has 5 heteroatoms. The van der Waals surface area contributed by atoms with Crippen LogP contribution in [0.4, 0.5) is 0 Å². The number of amides is 1. The molecule has 0 saturated carbocycles. The average molecular weight is 284 g/mol. The molecule has 20 heavy (non-hydrogen) atoms. The number of carbonyl (C=O) groups is 1. The largest absolute Gasteiger partial charge is 0.391 e. The summed E-state index contributed by atoms with van der Waals surface area (Å²) in [6.07, 6.45) is 0.537. The second-order valence-electron chi connectivity index (χ2n) is 7.07. The number of nitrogens with zero attached hydrogens (tertiary/aromatic N) is 2. The molecule has 1 N–H and O–H groups in total. The molecule has 1 amide bonds. The predicted octanol–water partition coefficient (Wildman–Crippen LogP) is 0.574. The summed E-state index contributed by atoms with van der Waals surface area (Å²) in [4.78, 5) is 16.5. The number of carbonyl (C=O) groups excluding carboxylic acids is 1. The Morgan fingerprint density at radius 3 is 2.45 bits per heavy atom. The maximum absolute atomic E-state index is 12.3. The molecule has 0 radical (unpaired) electrons. The molecule has 0 aromatic carbocycles. The maximum atomic E-state index is 12.3. The first-order chi connectivity index (χ1) is 9.38. The lowest BCUT2D eigenvalue weighted by atomic mass is 9.89. The van der Waals surface area contributed by atoms with Crippen molar-refractivity contribution in [3.63, 3.8) is 0 Å². The van der Waals surface area contributed by atoms with Gasteiger partial charge in [-0.2, -0.15) is 0 Å². The van der Waals surface area contributed by atoms with E-state index in [1.807, 2.05) is 4.90 Å². The van der Waals surface area contributed by atoms with Gasteiger partial charge in [-0.1, -0.05) is 20.8 Å². The van der Waals surface area contributed by atoms with Crippen LogP contribution < -0.4 is 0 Å². The van der Waals surface area contributed by atoms with Crippen LogP contribution in [0.15, 0.2) is 0 Å². The summed E-state index contributed by atoms with van der Waals surface area (Å²) in [7, 11) is 0. The molecule has 0 unspecified atom stereocenters. The summed E-state index contributed by atoms with van der Waals surface area (Å²) in [5, 5.41) is 10.1. The molecule has 2 saturated heterocycles. The highest BCUT2D eigenvalue weighted by molar-refractivity contribution is 5.79. The summed E-state index contributed by atoms with van der Waals surface area (Å²) in [6.45, 7) is 11.4. The highest BCUT2D eigenvalue weighted by Crippen LogP contribution is 2.21. The van der Waals surface area contributed by atoms with Crippen molar-refractivity contribution in [3.05, 3.63) is 0 Å². The van der Waals surface area contributed by atoms with Gasteiger partial charge in [0.1, 0.15) is 0 Å². The zero-order valence-corrected chi connectivity index (χ0v) is 13.0. The van der Waals surface area contributed by atoms with Crippen molar-refractivity contribution in [2.75, 3.05) is 45.9 Å². The van der Waals surface area contributed by atoms with Crippen molar-refractivity contribution in [1.29, 1.82) is 0 Å². The van der Waals surface area contributed by atoms with Crippen molar-refractivity contribution in [1.82, 2.24) is 9.80 Å². The lowest BCUT2D eigenvalue weighted by Gasteiger charge is -2.38. The third-order valence-electron chi connectivity index (χ3n) is 4.39. The third kappa shape index (κ3) is 3.93. The molecule has 116 valence electrons. The summed E-state index contributed by atoms with van der Waals surface area (Å²) in [5.41, 5.74) is -0.0891. The van der Waals surface area contributed by atoms with Crippen LogP contribution in [0.1, 0.15) is 27.2 Å². The fourth-order valence-corrected chi connectivity index (χ4v) is 2.66. The Kier molecular flexibility index (Phi) is 5.04. The van der Waals surface area contributed by atoms with Crippen molar-refractivity contribution in [3.8, 4) is 0 Å². The zero-order valence-electron chi connectivity index (χ0n) is 13.0. The Morgan fingerprint density at radius 2 is 1.95 bits per heavy atom. The number of β-amino-alcohol motifs (C(OH)–C–C–N with tert-alkyl or cyclic N) is 1. The molecule has 0 aliphatic carbocycles. The Balaban J connectivity index is 1.76. The van der Waals surface area contributed by atoms with Gasteiger partial charge in [0.25, 0.3) is 0 Å². The predicted molar refractivity (Wildman–Crippen MR) is 77.4 cm³/mol. The second-order valence-corrected chi connectivity index (χ2v) is 7.07. The van der Waals surface area contributed by atoms with Gasteiger partial charge in [-0.3, -0.25) is 9.69 Å². The van der Waals surface area contributed by atoms with E-state index in [0.29, 0.717) is 19.8 Å². The lowest BCUT2D eigenvalue weighted by molar-refractivity contribution is -0.137. The zero-order chi connectivity index (χ0) is 14.8. The molecule has 0 spiro atoms. The molecule has 2 fully saturated rings. The molecule has 2 rings (SSSR count). The van der Waals surface area contributed by atoms with Crippen LogP contribution in [-0.4, -0.2) is 72.9 Å². The minimum atomic E-state index is -0.326. The number of rotatable bonds is 3. The Bertz CT molecular complexity index is 327. The fraction of sp³-hybridized carbons (Fsp3) is 0.933. The van der Waals surface area contributed by atoms with Gasteiger partial charge in [0.15, 0.2) is 0 Å². The smallest absolute Gasteiger partial charge is 0.228 e. The number of hydrogen-bond donors (Lipinski definition) is 1. The highest BCUT2D eigenvalue weighted by atomic mass is 16.5. The van der Waals surface area contributed by atoms with E-state index in [1.165, 1.54) is 0 Å². The number of aliphatic hydroxyl groups is 1. The van der Waals surface area contributed by atoms with E-state index in [2.05, 4.69) is 25.7 Å². The normalized spacial score (nSPS) is 26.8. The first-order valence-corrected chi connectivity index (χ1v) is 7.65. The van der Waals surface area contributed by atoms with Gasteiger partial charge in [-0.05, 0) is 11.8 Å². The van der Waals surface area contributed by atoms with Crippen molar-refractivity contribution < 1.29 is 14.6 Å². The van der Waals surface area contributed by atoms with E-state index >= 15 is 0 Å².